The first-order valence-electron chi connectivity index (χ1n) is 6.90. The van der Waals surface area contributed by atoms with E-state index < -0.39 is 0 Å². The number of hydrogen-bond acceptors (Lipinski definition) is 3. The standard InChI is InChI=1S/C17H14ClN3O/c1-2-15(22)20-13-7-3-5-11(9-13)14-8-4-6-12-10-19-17(18)21-16(12)14/h2-6,8-10,13H,1,7H2,(H,20,22). The minimum absolute atomic E-state index is 0.0573. The maximum Gasteiger partial charge on any atom is 0.243 e. The van der Waals surface area contributed by atoms with Crippen molar-refractivity contribution in [2.45, 2.75) is 12.5 Å². The van der Waals surface area contributed by atoms with Gasteiger partial charge in [0.15, 0.2) is 0 Å². The van der Waals surface area contributed by atoms with Crippen LogP contribution in [0.5, 0.6) is 0 Å². The predicted octanol–water partition coefficient (Wildman–Crippen LogP) is 3.30. The van der Waals surface area contributed by atoms with E-state index in [9.17, 15) is 4.79 Å². The summed E-state index contributed by atoms with van der Waals surface area (Å²) in [6.07, 6.45) is 9.82. The lowest BCUT2D eigenvalue weighted by Gasteiger charge is -2.18. The number of fused-ring (bicyclic) bond motifs is 1. The molecule has 0 aliphatic heterocycles. The van der Waals surface area contributed by atoms with Crippen molar-refractivity contribution in [2.75, 3.05) is 0 Å². The highest BCUT2D eigenvalue weighted by Gasteiger charge is 2.14. The molecule has 0 saturated heterocycles. The molecule has 0 radical (unpaired) electrons. The van der Waals surface area contributed by atoms with Crippen molar-refractivity contribution in [3.63, 3.8) is 0 Å². The summed E-state index contributed by atoms with van der Waals surface area (Å²) in [5, 5.41) is 4.03. The second-order valence-corrected chi connectivity index (χ2v) is 5.30. The summed E-state index contributed by atoms with van der Waals surface area (Å²) in [6.45, 7) is 3.47. The monoisotopic (exact) mass is 311 g/mol. The Morgan fingerprint density at radius 3 is 3.14 bits per heavy atom. The molecule has 1 atom stereocenters. The average molecular weight is 312 g/mol. The van der Waals surface area contributed by atoms with Gasteiger partial charge < -0.3 is 5.32 Å². The van der Waals surface area contributed by atoms with Crippen LogP contribution in [0, 0.1) is 0 Å². The third-order valence-electron chi connectivity index (χ3n) is 3.47. The molecule has 0 bridgehead atoms. The lowest BCUT2D eigenvalue weighted by atomic mass is 9.95. The molecule has 3 rings (SSSR count). The minimum Gasteiger partial charge on any atom is -0.346 e. The van der Waals surface area contributed by atoms with Gasteiger partial charge in [0, 0.05) is 17.1 Å². The second kappa shape index (κ2) is 6.12. The van der Waals surface area contributed by atoms with Crippen molar-refractivity contribution in [3.8, 4) is 0 Å². The molecule has 1 unspecified atom stereocenters. The topological polar surface area (TPSA) is 54.9 Å². The predicted molar refractivity (Wildman–Crippen MR) is 88.4 cm³/mol. The SMILES string of the molecule is C=CC(=O)NC1C=C(c2cccc3cnc(Cl)nc23)C=CC1. The molecule has 1 aliphatic carbocycles. The highest BCUT2D eigenvalue weighted by atomic mass is 35.5. The van der Waals surface area contributed by atoms with Gasteiger partial charge in [0.05, 0.1) is 11.6 Å². The number of aromatic nitrogens is 2. The first-order valence-corrected chi connectivity index (χ1v) is 7.28. The number of para-hydroxylation sites is 1. The molecule has 2 aromatic rings. The van der Waals surface area contributed by atoms with Crippen molar-refractivity contribution < 1.29 is 4.79 Å². The van der Waals surface area contributed by atoms with Crippen molar-refractivity contribution in [1.29, 1.82) is 0 Å². The fraction of sp³-hybridized carbons (Fsp3) is 0.118. The average Bonchev–Trinajstić information content (AvgIpc) is 2.54. The Hall–Kier alpha value is -2.46. The Balaban J connectivity index is 2.03. The van der Waals surface area contributed by atoms with E-state index in [1.54, 1.807) is 6.20 Å². The molecular weight excluding hydrogens is 298 g/mol. The first-order chi connectivity index (χ1) is 10.7. The van der Waals surface area contributed by atoms with Gasteiger partial charge in [-0.15, -0.1) is 0 Å². The molecule has 1 heterocycles. The van der Waals surface area contributed by atoms with Gasteiger partial charge in [0.25, 0.3) is 0 Å². The van der Waals surface area contributed by atoms with Crippen LogP contribution < -0.4 is 5.32 Å². The quantitative estimate of drug-likeness (QED) is 0.699. The number of carbonyl (C=O) groups is 1. The lowest BCUT2D eigenvalue weighted by molar-refractivity contribution is -0.116. The number of amides is 1. The molecule has 4 nitrogen and oxygen atoms in total. The number of nitrogens with zero attached hydrogens (tertiary/aromatic N) is 2. The zero-order chi connectivity index (χ0) is 15.5. The summed E-state index contributed by atoms with van der Waals surface area (Å²) in [5.74, 6) is -0.181. The molecule has 1 N–H and O–H groups in total. The van der Waals surface area contributed by atoms with Crippen LogP contribution in [0.25, 0.3) is 16.5 Å². The lowest BCUT2D eigenvalue weighted by Crippen LogP contribution is -2.32. The van der Waals surface area contributed by atoms with Crippen molar-refractivity contribution >= 4 is 34.0 Å². The largest absolute Gasteiger partial charge is 0.346 e. The number of benzene rings is 1. The molecule has 1 aromatic carbocycles. The van der Waals surface area contributed by atoms with Crippen LogP contribution in [-0.2, 0) is 4.79 Å². The molecule has 1 aliphatic rings. The van der Waals surface area contributed by atoms with Gasteiger partial charge in [-0.1, -0.05) is 43.0 Å². The maximum absolute atomic E-state index is 11.5. The summed E-state index contributed by atoms with van der Waals surface area (Å²) in [7, 11) is 0. The summed E-state index contributed by atoms with van der Waals surface area (Å²) in [4.78, 5) is 19.8. The molecule has 5 heteroatoms. The molecule has 1 amide bonds. The van der Waals surface area contributed by atoms with Crippen molar-refractivity contribution in [2.24, 2.45) is 0 Å². The highest BCUT2D eigenvalue weighted by molar-refractivity contribution is 6.28. The van der Waals surface area contributed by atoms with Crippen molar-refractivity contribution in [1.82, 2.24) is 15.3 Å². The smallest absolute Gasteiger partial charge is 0.243 e. The van der Waals surface area contributed by atoms with Gasteiger partial charge in [0.1, 0.15) is 0 Å². The van der Waals surface area contributed by atoms with E-state index in [1.807, 2.05) is 36.4 Å². The third kappa shape index (κ3) is 2.92. The number of halogens is 1. The fourth-order valence-electron chi connectivity index (χ4n) is 2.47. The van der Waals surface area contributed by atoms with Crippen LogP contribution in [0.2, 0.25) is 5.28 Å². The van der Waals surface area contributed by atoms with Crippen LogP contribution in [0.15, 0.2) is 55.3 Å². The summed E-state index contributed by atoms with van der Waals surface area (Å²) in [5.41, 5.74) is 2.77. The number of allylic oxidation sites excluding steroid dienone is 2. The second-order valence-electron chi connectivity index (χ2n) is 4.96. The van der Waals surface area contributed by atoms with E-state index in [-0.39, 0.29) is 17.2 Å². The number of hydrogen-bond donors (Lipinski definition) is 1. The summed E-state index contributed by atoms with van der Waals surface area (Å²) < 4.78 is 0. The van der Waals surface area contributed by atoms with Gasteiger partial charge >= 0.3 is 0 Å². The van der Waals surface area contributed by atoms with E-state index >= 15 is 0 Å². The summed E-state index contributed by atoms with van der Waals surface area (Å²) in [6, 6.07) is 5.83. The van der Waals surface area contributed by atoms with Gasteiger partial charge in [-0.25, -0.2) is 9.97 Å². The third-order valence-corrected chi connectivity index (χ3v) is 3.66. The number of rotatable bonds is 3. The molecule has 1 aromatic heterocycles. The zero-order valence-corrected chi connectivity index (χ0v) is 12.5. The Morgan fingerprint density at radius 1 is 1.45 bits per heavy atom. The van der Waals surface area contributed by atoms with E-state index in [0.717, 1.165) is 28.5 Å². The summed E-state index contributed by atoms with van der Waals surface area (Å²) >= 11 is 5.92. The van der Waals surface area contributed by atoms with Gasteiger partial charge in [-0.3, -0.25) is 4.79 Å². The Kier molecular flexibility index (Phi) is 4.02. The van der Waals surface area contributed by atoms with Gasteiger partial charge in [-0.2, -0.15) is 0 Å². The normalized spacial score (nSPS) is 17.1. The Morgan fingerprint density at radius 2 is 2.32 bits per heavy atom. The molecule has 0 fully saturated rings. The molecule has 22 heavy (non-hydrogen) atoms. The minimum atomic E-state index is -0.181. The maximum atomic E-state index is 11.5. The first kappa shape index (κ1) is 14.5. The molecule has 110 valence electrons. The van der Waals surface area contributed by atoms with Crippen LogP contribution in [-0.4, -0.2) is 21.9 Å². The van der Waals surface area contributed by atoms with Gasteiger partial charge in [-0.05, 0) is 29.7 Å². The van der Waals surface area contributed by atoms with Crippen LogP contribution in [0.1, 0.15) is 12.0 Å². The molecule has 0 spiro atoms. The zero-order valence-electron chi connectivity index (χ0n) is 11.8. The Bertz CT molecular complexity index is 811. The number of nitrogens with one attached hydrogen (secondary N) is 1. The van der Waals surface area contributed by atoms with E-state index in [4.69, 9.17) is 11.6 Å². The highest BCUT2D eigenvalue weighted by Crippen LogP contribution is 2.27. The van der Waals surface area contributed by atoms with Crippen LogP contribution in [0.4, 0.5) is 0 Å². The number of carbonyl (C=O) groups excluding carboxylic acids is 1. The van der Waals surface area contributed by atoms with Crippen LogP contribution >= 0.6 is 11.6 Å². The van der Waals surface area contributed by atoms with E-state index in [0.29, 0.717) is 0 Å². The Labute approximate surface area is 133 Å². The van der Waals surface area contributed by atoms with Crippen molar-refractivity contribution in [3.05, 3.63) is 66.1 Å². The molecular formula is C17H14ClN3O. The fourth-order valence-corrected chi connectivity index (χ4v) is 2.60. The van der Waals surface area contributed by atoms with E-state index in [1.165, 1.54) is 6.08 Å². The van der Waals surface area contributed by atoms with E-state index in [2.05, 4.69) is 21.9 Å². The van der Waals surface area contributed by atoms with Crippen LogP contribution in [0.3, 0.4) is 0 Å². The van der Waals surface area contributed by atoms with Gasteiger partial charge in [0.2, 0.25) is 11.2 Å². The molecule has 0 saturated carbocycles.